The summed E-state index contributed by atoms with van der Waals surface area (Å²) in [5.74, 6) is -1.75. The Labute approximate surface area is 204 Å². The average Bonchev–Trinajstić information content (AvgIpc) is 2.80. The topological polar surface area (TPSA) is 63.6 Å². The normalized spacial score (nSPS) is 12.3. The van der Waals surface area contributed by atoms with E-state index in [1.54, 1.807) is 0 Å². The van der Waals surface area contributed by atoms with Gasteiger partial charge in [-0.2, -0.15) is 0 Å². The number of allylic oxidation sites excluding steroid dienone is 2. The Morgan fingerprint density at radius 2 is 1.12 bits per heavy atom. The minimum atomic E-state index is -0.919. The third kappa shape index (κ3) is 23.6. The van der Waals surface area contributed by atoms with Crippen molar-refractivity contribution in [1.29, 1.82) is 0 Å². The van der Waals surface area contributed by atoms with Crippen molar-refractivity contribution >= 4 is 11.9 Å². The molecular weight excluding hydrogens is 412 g/mol. The number of carbonyl (C=O) groups is 2. The van der Waals surface area contributed by atoms with Gasteiger partial charge in [-0.05, 0) is 38.5 Å². The van der Waals surface area contributed by atoms with Crippen molar-refractivity contribution in [2.75, 3.05) is 6.61 Å². The molecule has 0 saturated carbocycles. The molecule has 4 nitrogen and oxygen atoms in total. The summed E-state index contributed by atoms with van der Waals surface area (Å²) in [5, 5.41) is 9.01. The summed E-state index contributed by atoms with van der Waals surface area (Å²) in [4.78, 5) is 23.0. The number of hydrogen-bond donors (Lipinski definition) is 1. The predicted octanol–water partition coefficient (Wildman–Crippen LogP) is 9.02. The molecule has 0 aromatic heterocycles. The number of rotatable bonds is 25. The van der Waals surface area contributed by atoms with Crippen LogP contribution in [0.4, 0.5) is 0 Å². The number of aliphatic carboxylic acids is 1. The summed E-state index contributed by atoms with van der Waals surface area (Å²) >= 11 is 0. The summed E-state index contributed by atoms with van der Waals surface area (Å²) < 4.78 is 5.14. The van der Waals surface area contributed by atoms with Crippen LogP contribution < -0.4 is 0 Å². The first-order valence-electron chi connectivity index (χ1n) is 14.1. The highest BCUT2D eigenvalue weighted by molar-refractivity contribution is 5.79. The molecule has 0 aromatic rings. The van der Waals surface area contributed by atoms with Crippen molar-refractivity contribution in [3.8, 4) is 0 Å². The maximum atomic E-state index is 12.0. The van der Waals surface area contributed by atoms with Crippen molar-refractivity contribution in [3.63, 3.8) is 0 Å². The Hall–Kier alpha value is -1.32. The molecule has 0 fully saturated rings. The minimum absolute atomic E-state index is 0.114. The molecule has 0 aliphatic carbocycles. The van der Waals surface area contributed by atoms with Gasteiger partial charge >= 0.3 is 11.9 Å². The van der Waals surface area contributed by atoms with E-state index in [4.69, 9.17) is 9.84 Å². The molecule has 0 bridgehead atoms. The van der Waals surface area contributed by atoms with Crippen molar-refractivity contribution in [2.24, 2.45) is 5.92 Å². The summed E-state index contributed by atoms with van der Waals surface area (Å²) in [6.45, 7) is 4.59. The summed E-state index contributed by atoms with van der Waals surface area (Å²) in [6, 6.07) is 0. The van der Waals surface area contributed by atoms with E-state index in [9.17, 15) is 9.59 Å². The fourth-order valence-corrected chi connectivity index (χ4v) is 4.18. The van der Waals surface area contributed by atoms with Gasteiger partial charge in [-0.3, -0.25) is 9.59 Å². The standard InChI is InChI=1S/C29H54O4/c1-3-5-6-7-8-9-10-11-12-13-14-15-16-17-18-19-20-21-22-23-24-27(26-28(30)31)29(32)33-25-4-2/h11-12,27H,3-10,13-26H2,1-2H3,(H,30,31)/b12-11+. The minimum Gasteiger partial charge on any atom is -0.481 e. The maximum absolute atomic E-state index is 12.0. The second-order valence-corrected chi connectivity index (χ2v) is 9.60. The van der Waals surface area contributed by atoms with E-state index in [0.29, 0.717) is 13.0 Å². The lowest BCUT2D eigenvalue weighted by molar-refractivity contribution is -0.153. The largest absolute Gasteiger partial charge is 0.481 e. The second-order valence-electron chi connectivity index (χ2n) is 9.60. The van der Waals surface area contributed by atoms with Crippen LogP contribution in [-0.2, 0) is 14.3 Å². The predicted molar refractivity (Wildman–Crippen MR) is 140 cm³/mol. The quantitative estimate of drug-likeness (QED) is 0.0828. The van der Waals surface area contributed by atoms with Gasteiger partial charge in [0, 0.05) is 0 Å². The van der Waals surface area contributed by atoms with Crippen molar-refractivity contribution in [3.05, 3.63) is 12.2 Å². The van der Waals surface area contributed by atoms with E-state index in [-0.39, 0.29) is 12.4 Å². The van der Waals surface area contributed by atoms with Crippen LogP contribution in [0.3, 0.4) is 0 Å². The molecule has 33 heavy (non-hydrogen) atoms. The van der Waals surface area contributed by atoms with E-state index in [2.05, 4.69) is 19.1 Å². The number of esters is 1. The van der Waals surface area contributed by atoms with E-state index < -0.39 is 11.9 Å². The number of carboxylic acid groups (broad SMARTS) is 1. The number of unbranched alkanes of at least 4 members (excludes halogenated alkanes) is 16. The molecule has 0 radical (unpaired) electrons. The maximum Gasteiger partial charge on any atom is 0.309 e. The summed E-state index contributed by atoms with van der Waals surface area (Å²) in [6.07, 6.45) is 29.2. The van der Waals surface area contributed by atoms with Crippen molar-refractivity contribution in [1.82, 2.24) is 0 Å². The molecular formula is C29H54O4. The SMILES string of the molecule is CCCCCCCC/C=C/CCCCCCCCCCCCC(CC(=O)O)C(=O)OCCC. The molecule has 1 unspecified atom stereocenters. The van der Waals surface area contributed by atoms with Gasteiger partial charge in [0.25, 0.3) is 0 Å². The zero-order valence-electron chi connectivity index (χ0n) is 22.0. The number of carboxylic acids is 1. The van der Waals surface area contributed by atoms with Gasteiger partial charge in [-0.1, -0.05) is 116 Å². The molecule has 0 rings (SSSR count). The molecule has 0 heterocycles. The zero-order valence-corrected chi connectivity index (χ0v) is 22.0. The molecule has 0 aliphatic heterocycles. The molecule has 0 aliphatic rings. The second kappa shape index (κ2) is 25.3. The first kappa shape index (κ1) is 31.7. The molecule has 0 spiro atoms. The third-order valence-electron chi connectivity index (χ3n) is 6.27. The summed E-state index contributed by atoms with van der Waals surface area (Å²) in [5.41, 5.74) is 0. The molecule has 0 saturated heterocycles. The van der Waals surface area contributed by atoms with Crippen LogP contribution in [0, 0.1) is 5.92 Å². The van der Waals surface area contributed by atoms with E-state index in [1.807, 2.05) is 6.92 Å². The van der Waals surface area contributed by atoms with Gasteiger partial charge in [-0.25, -0.2) is 0 Å². The highest BCUT2D eigenvalue weighted by Crippen LogP contribution is 2.18. The lowest BCUT2D eigenvalue weighted by Gasteiger charge is -2.13. The fourth-order valence-electron chi connectivity index (χ4n) is 4.18. The van der Waals surface area contributed by atoms with Crippen molar-refractivity contribution < 1.29 is 19.4 Å². The van der Waals surface area contributed by atoms with Gasteiger partial charge in [-0.15, -0.1) is 0 Å². The smallest absolute Gasteiger partial charge is 0.309 e. The highest BCUT2D eigenvalue weighted by atomic mass is 16.5. The number of carbonyl (C=O) groups excluding carboxylic acids is 1. The van der Waals surface area contributed by atoms with Gasteiger partial charge in [0.15, 0.2) is 0 Å². The van der Waals surface area contributed by atoms with Crippen LogP contribution in [0.2, 0.25) is 0 Å². The Morgan fingerprint density at radius 3 is 1.58 bits per heavy atom. The van der Waals surface area contributed by atoms with E-state index >= 15 is 0 Å². The monoisotopic (exact) mass is 466 g/mol. The molecule has 4 heteroatoms. The third-order valence-corrected chi connectivity index (χ3v) is 6.27. The molecule has 0 amide bonds. The first-order valence-corrected chi connectivity index (χ1v) is 14.1. The first-order chi connectivity index (χ1) is 16.1. The van der Waals surface area contributed by atoms with Crippen LogP contribution >= 0.6 is 0 Å². The Bertz CT molecular complexity index is 472. The number of hydrogen-bond acceptors (Lipinski definition) is 3. The molecule has 194 valence electrons. The van der Waals surface area contributed by atoms with Crippen molar-refractivity contribution in [2.45, 2.75) is 149 Å². The van der Waals surface area contributed by atoms with Gasteiger partial charge < -0.3 is 9.84 Å². The Morgan fingerprint density at radius 1 is 0.667 bits per heavy atom. The Balaban J connectivity index is 3.45. The average molecular weight is 467 g/mol. The molecule has 1 atom stereocenters. The molecule has 1 N–H and O–H groups in total. The van der Waals surface area contributed by atoms with Crippen LogP contribution in [0.25, 0.3) is 0 Å². The summed E-state index contributed by atoms with van der Waals surface area (Å²) in [7, 11) is 0. The van der Waals surface area contributed by atoms with Crippen LogP contribution in [-0.4, -0.2) is 23.7 Å². The van der Waals surface area contributed by atoms with Gasteiger partial charge in [0.1, 0.15) is 0 Å². The van der Waals surface area contributed by atoms with Crippen LogP contribution in [0.5, 0.6) is 0 Å². The van der Waals surface area contributed by atoms with Gasteiger partial charge in [0.2, 0.25) is 0 Å². The Kier molecular flexibility index (Phi) is 24.3. The number of ether oxygens (including phenoxy) is 1. The van der Waals surface area contributed by atoms with E-state index in [1.165, 1.54) is 103 Å². The van der Waals surface area contributed by atoms with Gasteiger partial charge in [0.05, 0.1) is 18.9 Å². The lowest BCUT2D eigenvalue weighted by Crippen LogP contribution is -2.21. The van der Waals surface area contributed by atoms with Crippen LogP contribution in [0.1, 0.15) is 149 Å². The van der Waals surface area contributed by atoms with E-state index in [0.717, 1.165) is 19.3 Å². The van der Waals surface area contributed by atoms with Crippen LogP contribution in [0.15, 0.2) is 12.2 Å². The zero-order chi connectivity index (χ0) is 24.4. The highest BCUT2D eigenvalue weighted by Gasteiger charge is 2.22. The molecule has 0 aromatic carbocycles. The lowest BCUT2D eigenvalue weighted by atomic mass is 9.97. The fraction of sp³-hybridized carbons (Fsp3) is 0.862.